The van der Waals surface area contributed by atoms with Crippen LogP contribution in [0.3, 0.4) is 0 Å². The van der Waals surface area contributed by atoms with Crippen molar-refractivity contribution in [1.82, 2.24) is 9.97 Å². The maximum atomic E-state index is 4.68. The summed E-state index contributed by atoms with van der Waals surface area (Å²) in [4.78, 5) is 11.8. The van der Waals surface area contributed by atoms with Crippen LogP contribution in [0.4, 0.5) is 0 Å². The average molecular weight is 441 g/mol. The van der Waals surface area contributed by atoms with E-state index in [1.165, 1.54) is 31.3 Å². The third kappa shape index (κ3) is 3.67. The molecule has 0 amide bonds. The van der Waals surface area contributed by atoms with E-state index in [-0.39, 0.29) is 0 Å². The Bertz CT molecular complexity index is 1460. The van der Waals surface area contributed by atoms with Crippen LogP contribution < -0.4 is 0 Å². The molecule has 0 aliphatic heterocycles. The van der Waals surface area contributed by atoms with E-state index in [9.17, 15) is 0 Å². The van der Waals surface area contributed by atoms with Crippen LogP contribution >= 0.6 is 11.8 Å². The lowest BCUT2D eigenvalue weighted by molar-refractivity contribution is 1.30. The minimum absolute atomic E-state index is 0.977. The molecule has 6 aromatic rings. The highest BCUT2D eigenvalue weighted by atomic mass is 32.2. The van der Waals surface area contributed by atoms with E-state index in [1.54, 1.807) is 0 Å². The van der Waals surface area contributed by atoms with Gasteiger partial charge in [0.1, 0.15) is 0 Å². The first-order valence-electron chi connectivity index (χ1n) is 10.9. The molecule has 0 radical (unpaired) electrons. The monoisotopic (exact) mass is 440 g/mol. The molecule has 156 valence electrons. The Morgan fingerprint density at radius 2 is 0.879 bits per heavy atom. The molecule has 0 saturated carbocycles. The third-order valence-electron chi connectivity index (χ3n) is 5.85. The molecule has 0 bridgehead atoms. The maximum Gasteiger partial charge on any atom is 0.0713 e. The van der Waals surface area contributed by atoms with Gasteiger partial charge < -0.3 is 0 Å². The van der Waals surface area contributed by atoms with Gasteiger partial charge in [-0.1, -0.05) is 96.7 Å². The molecule has 4 aromatic carbocycles. The Labute approximate surface area is 197 Å². The fraction of sp³-hybridized carbons (Fsp3) is 0. The predicted octanol–water partition coefficient (Wildman–Crippen LogP) is 8.27. The first-order valence-corrected chi connectivity index (χ1v) is 11.7. The van der Waals surface area contributed by atoms with Crippen molar-refractivity contribution in [3.63, 3.8) is 0 Å². The van der Waals surface area contributed by atoms with E-state index < -0.39 is 0 Å². The SMILES string of the molecule is c1ccc(-c2ccc3ccccc3c2Sc2c(-c3ccccn3)ccc3ccccc23)nc1. The van der Waals surface area contributed by atoms with Crippen LogP contribution in [0.25, 0.3) is 44.1 Å². The van der Waals surface area contributed by atoms with Crippen LogP contribution in [0.1, 0.15) is 0 Å². The quantitative estimate of drug-likeness (QED) is 0.276. The molecule has 0 N–H and O–H groups in total. The minimum Gasteiger partial charge on any atom is -0.256 e. The Kier molecular flexibility index (Phi) is 5.10. The Morgan fingerprint density at radius 1 is 0.424 bits per heavy atom. The number of hydrogen-bond acceptors (Lipinski definition) is 3. The molecule has 6 rings (SSSR count). The number of hydrogen-bond donors (Lipinski definition) is 0. The van der Waals surface area contributed by atoms with Gasteiger partial charge >= 0.3 is 0 Å². The summed E-state index contributed by atoms with van der Waals surface area (Å²) in [6.45, 7) is 0. The van der Waals surface area contributed by atoms with Gasteiger partial charge in [-0.05, 0) is 45.8 Å². The van der Waals surface area contributed by atoms with Crippen LogP contribution in [0, 0.1) is 0 Å². The van der Waals surface area contributed by atoms with Crippen LogP contribution in [0.15, 0.2) is 131 Å². The van der Waals surface area contributed by atoms with E-state index in [0.29, 0.717) is 0 Å². The molecular weight excluding hydrogens is 420 g/mol. The van der Waals surface area contributed by atoms with E-state index in [2.05, 4.69) is 94.9 Å². The van der Waals surface area contributed by atoms with Crippen molar-refractivity contribution < 1.29 is 0 Å². The van der Waals surface area contributed by atoms with E-state index >= 15 is 0 Å². The Balaban J connectivity index is 1.65. The van der Waals surface area contributed by atoms with Gasteiger partial charge in [0.15, 0.2) is 0 Å². The fourth-order valence-corrected chi connectivity index (χ4v) is 5.62. The molecule has 0 atom stereocenters. The number of nitrogens with zero attached hydrogens (tertiary/aromatic N) is 2. The summed E-state index contributed by atoms with van der Waals surface area (Å²) in [5.74, 6) is 0. The van der Waals surface area contributed by atoms with Crippen molar-refractivity contribution in [1.29, 1.82) is 0 Å². The highest BCUT2D eigenvalue weighted by molar-refractivity contribution is 8.00. The van der Waals surface area contributed by atoms with Gasteiger partial charge in [-0.15, -0.1) is 0 Å². The van der Waals surface area contributed by atoms with Crippen molar-refractivity contribution in [2.24, 2.45) is 0 Å². The van der Waals surface area contributed by atoms with Crippen LogP contribution in [-0.2, 0) is 0 Å². The van der Waals surface area contributed by atoms with Gasteiger partial charge in [0, 0.05) is 33.3 Å². The standard InChI is InChI=1S/C30H20N2S/c1-3-11-23-21(9-1)15-17-25(27-13-5-7-19-31-27)29(23)33-30-24-12-4-2-10-22(24)16-18-26(30)28-14-6-8-20-32-28/h1-20H. The Hall–Kier alpha value is -3.95. The second-order valence-electron chi connectivity index (χ2n) is 7.86. The first-order chi connectivity index (χ1) is 16.4. The molecular formula is C30H20N2S. The smallest absolute Gasteiger partial charge is 0.0713 e. The lowest BCUT2D eigenvalue weighted by Gasteiger charge is -2.17. The molecule has 3 heteroatoms. The van der Waals surface area contributed by atoms with Crippen molar-refractivity contribution in [2.75, 3.05) is 0 Å². The second kappa shape index (κ2) is 8.53. The van der Waals surface area contributed by atoms with Crippen molar-refractivity contribution in [3.05, 3.63) is 122 Å². The van der Waals surface area contributed by atoms with Crippen molar-refractivity contribution in [3.8, 4) is 22.5 Å². The van der Waals surface area contributed by atoms with E-state index in [0.717, 1.165) is 22.5 Å². The maximum absolute atomic E-state index is 4.68. The summed E-state index contributed by atoms with van der Waals surface area (Å²) in [5.41, 5.74) is 4.23. The highest BCUT2D eigenvalue weighted by Crippen LogP contribution is 2.46. The van der Waals surface area contributed by atoms with Gasteiger partial charge in [-0.25, -0.2) is 0 Å². The molecule has 0 unspecified atom stereocenters. The molecule has 2 nitrogen and oxygen atoms in total. The zero-order valence-corrected chi connectivity index (χ0v) is 18.7. The van der Waals surface area contributed by atoms with Crippen molar-refractivity contribution >= 4 is 33.3 Å². The molecule has 0 fully saturated rings. The number of rotatable bonds is 4. The zero-order chi connectivity index (χ0) is 22.0. The first kappa shape index (κ1) is 19.7. The highest BCUT2D eigenvalue weighted by Gasteiger charge is 2.17. The summed E-state index contributed by atoms with van der Waals surface area (Å²) in [6, 6.07) is 38.1. The molecule has 0 aliphatic rings. The lowest BCUT2D eigenvalue weighted by atomic mass is 10.0. The zero-order valence-electron chi connectivity index (χ0n) is 17.8. The summed E-state index contributed by atoms with van der Waals surface area (Å²) < 4.78 is 0. The van der Waals surface area contributed by atoms with Gasteiger partial charge in [0.05, 0.1) is 11.4 Å². The van der Waals surface area contributed by atoms with Crippen molar-refractivity contribution in [2.45, 2.75) is 9.79 Å². The summed E-state index contributed by atoms with van der Waals surface area (Å²) >= 11 is 1.81. The van der Waals surface area contributed by atoms with Gasteiger partial charge in [0.25, 0.3) is 0 Å². The molecule has 2 aromatic heterocycles. The molecule has 0 aliphatic carbocycles. The van der Waals surface area contributed by atoms with E-state index in [4.69, 9.17) is 0 Å². The minimum atomic E-state index is 0.977. The van der Waals surface area contributed by atoms with Gasteiger partial charge in [-0.3, -0.25) is 9.97 Å². The fourth-order valence-electron chi connectivity index (χ4n) is 4.26. The normalized spacial score (nSPS) is 11.2. The van der Waals surface area contributed by atoms with Crippen LogP contribution in [0.5, 0.6) is 0 Å². The summed E-state index contributed by atoms with van der Waals surface area (Å²) in [6.07, 6.45) is 3.71. The van der Waals surface area contributed by atoms with Gasteiger partial charge in [-0.2, -0.15) is 0 Å². The second-order valence-corrected chi connectivity index (χ2v) is 8.88. The van der Waals surface area contributed by atoms with Crippen LogP contribution in [0.2, 0.25) is 0 Å². The number of benzene rings is 4. The number of aromatic nitrogens is 2. The molecule has 0 spiro atoms. The third-order valence-corrected chi connectivity index (χ3v) is 7.13. The van der Waals surface area contributed by atoms with Gasteiger partial charge in [0.2, 0.25) is 0 Å². The number of fused-ring (bicyclic) bond motifs is 2. The number of pyridine rings is 2. The molecule has 2 heterocycles. The average Bonchev–Trinajstić information content (AvgIpc) is 2.90. The Morgan fingerprint density at radius 3 is 1.33 bits per heavy atom. The lowest BCUT2D eigenvalue weighted by Crippen LogP contribution is -1.91. The molecule has 33 heavy (non-hydrogen) atoms. The topological polar surface area (TPSA) is 25.8 Å². The largest absolute Gasteiger partial charge is 0.256 e. The van der Waals surface area contributed by atoms with Crippen LogP contribution in [-0.4, -0.2) is 9.97 Å². The predicted molar refractivity (Wildman–Crippen MR) is 138 cm³/mol. The molecule has 0 saturated heterocycles. The summed E-state index contributed by atoms with van der Waals surface area (Å²) in [5, 5.41) is 4.90. The summed E-state index contributed by atoms with van der Waals surface area (Å²) in [7, 11) is 0. The van der Waals surface area contributed by atoms with E-state index in [1.807, 2.05) is 48.4 Å².